The number of urea groups is 1. The molecule has 1 aliphatic heterocycles. The van der Waals surface area contributed by atoms with Crippen molar-refractivity contribution in [3.63, 3.8) is 0 Å². The second-order valence-electron chi connectivity index (χ2n) is 7.03. The minimum atomic E-state index is -1.35. The van der Waals surface area contributed by atoms with Crippen molar-refractivity contribution in [3.05, 3.63) is 51.9 Å². The van der Waals surface area contributed by atoms with Gasteiger partial charge in [-0.15, -0.1) is 11.3 Å². The molecular formula is C21H20N4O5S. The fourth-order valence-electron chi connectivity index (χ4n) is 3.18. The summed E-state index contributed by atoms with van der Waals surface area (Å²) in [5.41, 5.74) is 0.235. The number of ether oxygens (including phenoxy) is 1. The number of aryl methyl sites for hydroxylation is 1. The Bertz CT molecular complexity index is 1100. The van der Waals surface area contributed by atoms with Gasteiger partial charge in [0.05, 0.1) is 23.2 Å². The highest BCUT2D eigenvalue weighted by Gasteiger charge is 2.49. The molecular weight excluding hydrogens is 420 g/mol. The van der Waals surface area contributed by atoms with Crippen LogP contribution < -0.4 is 10.6 Å². The van der Waals surface area contributed by atoms with Crippen LogP contribution in [0.3, 0.4) is 0 Å². The number of esters is 1. The Balaban J connectivity index is 1.71. The highest BCUT2D eigenvalue weighted by Crippen LogP contribution is 2.30. The summed E-state index contributed by atoms with van der Waals surface area (Å²) in [5, 5.41) is 14.6. The van der Waals surface area contributed by atoms with E-state index >= 15 is 0 Å². The molecule has 1 fully saturated rings. The summed E-state index contributed by atoms with van der Waals surface area (Å²) in [6.45, 7) is 4.72. The maximum atomic E-state index is 12.9. The van der Waals surface area contributed by atoms with Crippen molar-refractivity contribution in [2.75, 3.05) is 18.5 Å². The number of hydrogen-bond acceptors (Lipinski definition) is 7. The molecule has 3 rings (SSSR count). The summed E-state index contributed by atoms with van der Waals surface area (Å²) in [4.78, 5) is 51.0. The van der Waals surface area contributed by atoms with Crippen LogP contribution in [-0.4, -0.2) is 41.9 Å². The van der Waals surface area contributed by atoms with E-state index < -0.39 is 35.9 Å². The lowest BCUT2D eigenvalue weighted by Gasteiger charge is -2.22. The van der Waals surface area contributed by atoms with Gasteiger partial charge in [-0.25, -0.2) is 9.59 Å². The van der Waals surface area contributed by atoms with Gasteiger partial charge in [0.2, 0.25) is 5.91 Å². The number of nitrogens with one attached hydrogen (secondary N) is 2. The van der Waals surface area contributed by atoms with Crippen LogP contribution in [0.5, 0.6) is 0 Å². The molecule has 4 amide bonds. The number of hydrogen-bond donors (Lipinski definition) is 2. The Morgan fingerprint density at radius 2 is 1.97 bits per heavy atom. The summed E-state index contributed by atoms with van der Waals surface area (Å²) in [7, 11) is 0. The second kappa shape index (κ2) is 8.57. The molecule has 1 aromatic heterocycles. The van der Waals surface area contributed by atoms with E-state index in [9.17, 15) is 19.2 Å². The molecule has 2 N–H and O–H groups in total. The molecule has 1 aromatic carbocycles. The van der Waals surface area contributed by atoms with Gasteiger partial charge in [0.25, 0.3) is 5.91 Å². The number of carbonyl (C=O) groups is 4. The largest absolute Gasteiger partial charge is 0.462 e. The number of thiophene rings is 1. The van der Waals surface area contributed by atoms with Crippen molar-refractivity contribution < 1.29 is 23.9 Å². The van der Waals surface area contributed by atoms with Gasteiger partial charge in [-0.2, -0.15) is 5.26 Å². The fourth-order valence-corrected chi connectivity index (χ4v) is 4.16. The van der Waals surface area contributed by atoms with Crippen LogP contribution in [0.15, 0.2) is 30.3 Å². The maximum absolute atomic E-state index is 12.9. The van der Waals surface area contributed by atoms with Crippen molar-refractivity contribution >= 4 is 40.2 Å². The molecule has 0 spiro atoms. The van der Waals surface area contributed by atoms with Gasteiger partial charge in [0.15, 0.2) is 0 Å². The maximum Gasteiger partial charge on any atom is 0.348 e. The molecule has 9 nitrogen and oxygen atoms in total. The topological polar surface area (TPSA) is 129 Å². The average Bonchev–Trinajstić information content (AvgIpc) is 3.20. The first-order chi connectivity index (χ1) is 14.7. The van der Waals surface area contributed by atoms with Gasteiger partial charge in [-0.3, -0.25) is 14.5 Å². The standard InChI is InChI=1S/C21H20N4O5S/c1-4-30-18(27)17-12(2)9-16(31-17)23-15(26)11-25-19(28)21(3,24-20(25)29)14-7-5-13(10-22)6-8-14/h5-9H,4,11H2,1-3H3,(H,23,26)(H,24,29). The molecule has 2 heterocycles. The highest BCUT2D eigenvalue weighted by molar-refractivity contribution is 7.18. The zero-order chi connectivity index (χ0) is 22.8. The quantitative estimate of drug-likeness (QED) is 0.525. The van der Waals surface area contributed by atoms with Crippen LogP contribution in [0.2, 0.25) is 0 Å². The molecule has 1 unspecified atom stereocenters. The highest BCUT2D eigenvalue weighted by atomic mass is 32.1. The van der Waals surface area contributed by atoms with E-state index in [-0.39, 0.29) is 6.61 Å². The zero-order valence-electron chi connectivity index (χ0n) is 17.1. The number of imide groups is 1. The van der Waals surface area contributed by atoms with E-state index in [2.05, 4.69) is 10.6 Å². The number of anilines is 1. The van der Waals surface area contributed by atoms with Crippen molar-refractivity contribution in [1.29, 1.82) is 5.26 Å². The van der Waals surface area contributed by atoms with Crippen LogP contribution >= 0.6 is 11.3 Å². The van der Waals surface area contributed by atoms with Crippen LogP contribution in [0.4, 0.5) is 9.80 Å². The van der Waals surface area contributed by atoms with Crippen LogP contribution in [0, 0.1) is 18.3 Å². The van der Waals surface area contributed by atoms with Gasteiger partial charge >= 0.3 is 12.0 Å². The predicted octanol–water partition coefficient (Wildman–Crippen LogP) is 2.51. The van der Waals surface area contributed by atoms with E-state index in [0.29, 0.717) is 26.6 Å². The van der Waals surface area contributed by atoms with Crippen LogP contribution in [0.25, 0.3) is 0 Å². The van der Waals surface area contributed by atoms with E-state index in [1.165, 1.54) is 0 Å². The van der Waals surface area contributed by atoms with Gasteiger partial charge in [0, 0.05) is 0 Å². The van der Waals surface area contributed by atoms with E-state index in [1.54, 1.807) is 51.1 Å². The minimum Gasteiger partial charge on any atom is -0.462 e. The third kappa shape index (κ3) is 4.27. The van der Waals surface area contributed by atoms with Gasteiger partial charge in [-0.1, -0.05) is 12.1 Å². The fraction of sp³-hybridized carbons (Fsp3) is 0.286. The predicted molar refractivity (Wildman–Crippen MR) is 112 cm³/mol. The molecule has 31 heavy (non-hydrogen) atoms. The Labute approximate surface area is 182 Å². The first-order valence-electron chi connectivity index (χ1n) is 9.41. The Morgan fingerprint density at radius 1 is 1.29 bits per heavy atom. The summed E-state index contributed by atoms with van der Waals surface area (Å²) in [6, 6.07) is 9.21. The second-order valence-corrected chi connectivity index (χ2v) is 8.08. The van der Waals surface area contributed by atoms with Gasteiger partial charge in [-0.05, 0) is 50.1 Å². The van der Waals surface area contributed by atoms with Crippen molar-refractivity contribution in [2.45, 2.75) is 26.3 Å². The first kappa shape index (κ1) is 22.0. The first-order valence-corrected chi connectivity index (χ1v) is 10.2. The molecule has 0 radical (unpaired) electrons. The number of benzene rings is 1. The number of nitriles is 1. The normalized spacial score (nSPS) is 17.8. The number of carbonyl (C=O) groups excluding carboxylic acids is 4. The molecule has 1 aliphatic rings. The third-order valence-corrected chi connectivity index (χ3v) is 5.94. The third-order valence-electron chi connectivity index (χ3n) is 4.81. The number of rotatable bonds is 6. The molecule has 160 valence electrons. The smallest absolute Gasteiger partial charge is 0.348 e. The Kier molecular flexibility index (Phi) is 6.08. The lowest BCUT2D eigenvalue weighted by Crippen LogP contribution is -2.42. The monoisotopic (exact) mass is 440 g/mol. The number of nitrogens with zero attached hydrogens (tertiary/aromatic N) is 2. The van der Waals surface area contributed by atoms with Gasteiger partial charge in [0.1, 0.15) is 17.0 Å². The molecule has 0 saturated carbocycles. The average molecular weight is 440 g/mol. The van der Waals surface area contributed by atoms with Crippen LogP contribution in [-0.2, 0) is 19.9 Å². The van der Waals surface area contributed by atoms with E-state index in [4.69, 9.17) is 10.00 Å². The van der Waals surface area contributed by atoms with Gasteiger partial charge < -0.3 is 15.4 Å². The van der Waals surface area contributed by atoms with Crippen LogP contribution in [0.1, 0.15) is 40.2 Å². The number of amides is 4. The summed E-state index contributed by atoms with van der Waals surface area (Å²) < 4.78 is 4.98. The molecule has 1 atom stereocenters. The minimum absolute atomic E-state index is 0.238. The van der Waals surface area contributed by atoms with Crippen molar-refractivity contribution in [3.8, 4) is 6.07 Å². The summed E-state index contributed by atoms with van der Waals surface area (Å²) >= 11 is 1.06. The van der Waals surface area contributed by atoms with Crippen molar-refractivity contribution in [1.82, 2.24) is 10.2 Å². The van der Waals surface area contributed by atoms with E-state index in [1.807, 2.05) is 6.07 Å². The molecule has 0 bridgehead atoms. The lowest BCUT2D eigenvalue weighted by molar-refractivity contribution is -0.133. The lowest BCUT2D eigenvalue weighted by atomic mass is 9.91. The zero-order valence-corrected chi connectivity index (χ0v) is 18.0. The molecule has 1 saturated heterocycles. The van der Waals surface area contributed by atoms with E-state index in [0.717, 1.165) is 16.2 Å². The van der Waals surface area contributed by atoms with Crippen molar-refractivity contribution in [2.24, 2.45) is 0 Å². The summed E-state index contributed by atoms with van der Waals surface area (Å²) in [5.74, 6) is -1.63. The molecule has 0 aliphatic carbocycles. The molecule has 2 aromatic rings. The Morgan fingerprint density at radius 3 is 2.58 bits per heavy atom. The Hall–Kier alpha value is -3.71. The summed E-state index contributed by atoms with van der Waals surface area (Å²) in [6.07, 6.45) is 0. The molecule has 10 heteroatoms. The SMILES string of the molecule is CCOC(=O)c1sc(NC(=O)CN2C(=O)NC(C)(c3ccc(C#N)cc3)C2=O)cc1C.